The Labute approximate surface area is 210 Å². The average molecular weight is 462 g/mol. The summed E-state index contributed by atoms with van der Waals surface area (Å²) in [5.41, 5.74) is 12.3. The molecular weight excluding hydrogens is 424 g/mol. The fraction of sp³-hybridized carbons (Fsp3) is 0.364. The molecule has 6 rings (SSSR count). The molecule has 0 amide bonds. The molecule has 1 aromatic heterocycles. The van der Waals surface area contributed by atoms with E-state index in [-0.39, 0.29) is 5.54 Å². The van der Waals surface area contributed by atoms with Gasteiger partial charge in [0.25, 0.3) is 5.82 Å². The lowest BCUT2D eigenvalue weighted by Gasteiger charge is -2.36. The average Bonchev–Trinajstić information content (AvgIpc) is 3.31. The van der Waals surface area contributed by atoms with Crippen molar-refractivity contribution in [1.82, 2.24) is 4.57 Å². The van der Waals surface area contributed by atoms with Crippen molar-refractivity contribution < 1.29 is 4.57 Å². The summed E-state index contributed by atoms with van der Waals surface area (Å²) in [5, 5.41) is 0. The number of aryl methyl sites for hydroxylation is 3. The minimum atomic E-state index is -0.0604. The van der Waals surface area contributed by atoms with E-state index in [2.05, 4.69) is 110 Å². The van der Waals surface area contributed by atoms with E-state index in [1.807, 2.05) is 0 Å². The van der Waals surface area contributed by atoms with Crippen LogP contribution in [0.15, 0.2) is 66.7 Å². The van der Waals surface area contributed by atoms with Crippen LogP contribution < -0.4 is 4.57 Å². The lowest BCUT2D eigenvalue weighted by atomic mass is 9.72. The largest absolute Gasteiger partial charge is 0.296 e. The van der Waals surface area contributed by atoms with E-state index in [4.69, 9.17) is 0 Å². The van der Waals surface area contributed by atoms with Crippen LogP contribution in [0.5, 0.6) is 0 Å². The molecule has 0 bridgehead atoms. The summed E-state index contributed by atoms with van der Waals surface area (Å²) in [6.07, 6.45) is 6.66. The molecule has 1 unspecified atom stereocenters. The molecule has 1 saturated carbocycles. The number of benzene rings is 3. The summed E-state index contributed by atoms with van der Waals surface area (Å²) in [4.78, 5) is 0. The van der Waals surface area contributed by atoms with Crippen molar-refractivity contribution in [1.29, 1.82) is 0 Å². The SMILES string of the molecule is Cc1ccccc1-n1c(C)c2[n+](c1-c1c(C)cccc1C)C(C)(C1CCCCC1)c1ccccc1-2. The molecule has 4 aromatic rings. The van der Waals surface area contributed by atoms with Gasteiger partial charge in [-0.05, 0) is 63.3 Å². The second kappa shape index (κ2) is 8.22. The Bertz CT molecular complexity index is 1410. The van der Waals surface area contributed by atoms with Crippen molar-refractivity contribution in [3.05, 3.63) is 94.7 Å². The van der Waals surface area contributed by atoms with Crippen molar-refractivity contribution in [2.75, 3.05) is 0 Å². The van der Waals surface area contributed by atoms with Crippen molar-refractivity contribution in [3.8, 4) is 28.3 Å². The molecule has 1 fully saturated rings. The molecule has 1 atom stereocenters. The second-order valence-electron chi connectivity index (χ2n) is 11.0. The van der Waals surface area contributed by atoms with Crippen LogP contribution in [0.4, 0.5) is 0 Å². The molecule has 0 N–H and O–H groups in total. The first-order chi connectivity index (χ1) is 16.9. The predicted molar refractivity (Wildman–Crippen MR) is 145 cm³/mol. The monoisotopic (exact) mass is 461 g/mol. The standard InChI is InChI=1S/C33H37N2/c1-22-14-9-12-21-29(22)34-25(4)31-27-19-10-11-20-28(27)33(5,26-17-7-6-8-18-26)35(31)32(34)30-23(2)15-13-16-24(30)3/h9-16,19-21,26H,6-8,17-18H2,1-5H3/q+1. The van der Waals surface area contributed by atoms with Gasteiger partial charge in [-0.3, -0.25) is 0 Å². The zero-order valence-electron chi connectivity index (χ0n) is 21.9. The van der Waals surface area contributed by atoms with Crippen LogP contribution in [0.2, 0.25) is 0 Å². The highest BCUT2D eigenvalue weighted by atomic mass is 15.2. The van der Waals surface area contributed by atoms with Crippen molar-refractivity contribution in [3.63, 3.8) is 0 Å². The summed E-state index contributed by atoms with van der Waals surface area (Å²) < 4.78 is 5.34. The number of hydrogen-bond acceptors (Lipinski definition) is 0. The Hall–Kier alpha value is -3.13. The fourth-order valence-corrected chi connectivity index (χ4v) is 7.22. The molecule has 2 aliphatic rings. The first-order valence-corrected chi connectivity index (χ1v) is 13.3. The normalized spacial score (nSPS) is 19.6. The van der Waals surface area contributed by atoms with Gasteiger partial charge >= 0.3 is 0 Å². The molecule has 0 saturated heterocycles. The van der Waals surface area contributed by atoms with Gasteiger partial charge in [-0.25, -0.2) is 4.57 Å². The van der Waals surface area contributed by atoms with Crippen molar-refractivity contribution in [2.45, 2.75) is 72.3 Å². The third-order valence-corrected chi connectivity index (χ3v) is 8.98. The van der Waals surface area contributed by atoms with Gasteiger partial charge in [0.2, 0.25) is 0 Å². The number of hydrogen-bond donors (Lipinski definition) is 0. The van der Waals surface area contributed by atoms with Crippen molar-refractivity contribution >= 4 is 0 Å². The maximum absolute atomic E-state index is 2.77. The molecule has 1 aliphatic heterocycles. The number of aromatic nitrogens is 2. The second-order valence-corrected chi connectivity index (χ2v) is 11.0. The summed E-state index contributed by atoms with van der Waals surface area (Å²) in [6.45, 7) is 11.7. The van der Waals surface area contributed by atoms with E-state index in [0.29, 0.717) is 5.92 Å². The van der Waals surface area contributed by atoms with Gasteiger partial charge in [0.05, 0.1) is 5.56 Å². The topological polar surface area (TPSA) is 8.81 Å². The third-order valence-electron chi connectivity index (χ3n) is 8.98. The van der Waals surface area contributed by atoms with Crippen LogP contribution in [0, 0.1) is 33.6 Å². The fourth-order valence-electron chi connectivity index (χ4n) is 7.22. The number of para-hydroxylation sites is 1. The first-order valence-electron chi connectivity index (χ1n) is 13.3. The number of nitrogens with zero attached hydrogens (tertiary/aromatic N) is 2. The minimum Gasteiger partial charge on any atom is -0.212 e. The Balaban J connectivity index is 1.79. The Kier molecular flexibility index (Phi) is 5.25. The van der Waals surface area contributed by atoms with Crippen LogP contribution in [0.25, 0.3) is 28.3 Å². The van der Waals surface area contributed by atoms with Crippen LogP contribution in [0.3, 0.4) is 0 Å². The smallest absolute Gasteiger partial charge is 0.212 e. The van der Waals surface area contributed by atoms with Gasteiger partial charge in [-0.1, -0.05) is 79.9 Å². The highest BCUT2D eigenvalue weighted by Gasteiger charge is 2.54. The van der Waals surface area contributed by atoms with Gasteiger partial charge in [-0.15, -0.1) is 0 Å². The Morgan fingerprint density at radius 2 is 1.37 bits per heavy atom. The molecule has 3 aromatic carbocycles. The molecule has 0 spiro atoms. The van der Waals surface area contributed by atoms with Gasteiger partial charge in [-0.2, -0.15) is 4.57 Å². The summed E-state index contributed by atoms with van der Waals surface area (Å²) in [6, 6.07) is 24.9. The van der Waals surface area contributed by atoms with Crippen LogP contribution in [-0.4, -0.2) is 4.57 Å². The van der Waals surface area contributed by atoms with E-state index in [1.54, 1.807) is 0 Å². The highest BCUT2D eigenvalue weighted by Crippen LogP contribution is 2.50. The van der Waals surface area contributed by atoms with Crippen LogP contribution >= 0.6 is 0 Å². The molecule has 0 radical (unpaired) electrons. The third kappa shape index (κ3) is 3.12. The molecule has 2 nitrogen and oxygen atoms in total. The molecular formula is C33H37N2+. The number of imidazole rings is 1. The van der Waals surface area contributed by atoms with Crippen LogP contribution in [0.1, 0.15) is 67.0 Å². The summed E-state index contributed by atoms with van der Waals surface area (Å²) in [7, 11) is 0. The highest BCUT2D eigenvalue weighted by molar-refractivity contribution is 5.74. The first kappa shape index (κ1) is 22.3. The summed E-state index contributed by atoms with van der Waals surface area (Å²) >= 11 is 0. The zero-order chi connectivity index (χ0) is 24.3. The summed E-state index contributed by atoms with van der Waals surface area (Å²) in [5.74, 6) is 1.98. The molecule has 35 heavy (non-hydrogen) atoms. The minimum absolute atomic E-state index is 0.0604. The molecule has 1 aliphatic carbocycles. The maximum atomic E-state index is 2.77. The quantitative estimate of drug-likeness (QED) is 0.273. The molecule has 2 heterocycles. The predicted octanol–water partition coefficient (Wildman–Crippen LogP) is 7.99. The molecule has 178 valence electrons. The number of fused-ring (bicyclic) bond motifs is 3. The lowest BCUT2D eigenvalue weighted by molar-refractivity contribution is -0.733. The van der Waals surface area contributed by atoms with Gasteiger partial charge in [0.15, 0.2) is 11.4 Å². The van der Waals surface area contributed by atoms with Gasteiger partial charge < -0.3 is 0 Å². The lowest BCUT2D eigenvalue weighted by Crippen LogP contribution is -2.58. The van der Waals surface area contributed by atoms with Crippen molar-refractivity contribution in [2.24, 2.45) is 5.92 Å². The maximum Gasteiger partial charge on any atom is 0.296 e. The zero-order valence-corrected chi connectivity index (χ0v) is 21.9. The van der Waals surface area contributed by atoms with E-state index in [1.165, 1.54) is 88.4 Å². The van der Waals surface area contributed by atoms with Gasteiger partial charge in [0, 0.05) is 24.0 Å². The Morgan fingerprint density at radius 3 is 2.09 bits per heavy atom. The van der Waals surface area contributed by atoms with Gasteiger partial charge in [0.1, 0.15) is 11.2 Å². The van der Waals surface area contributed by atoms with E-state index in [0.717, 1.165) is 0 Å². The Morgan fingerprint density at radius 1 is 0.743 bits per heavy atom. The van der Waals surface area contributed by atoms with E-state index in [9.17, 15) is 0 Å². The van der Waals surface area contributed by atoms with E-state index >= 15 is 0 Å². The molecule has 2 heteroatoms. The number of rotatable bonds is 3. The van der Waals surface area contributed by atoms with Crippen LogP contribution in [-0.2, 0) is 5.54 Å². The van der Waals surface area contributed by atoms with E-state index < -0.39 is 0 Å².